The van der Waals surface area contributed by atoms with Gasteiger partial charge in [0.2, 0.25) is 0 Å². The third kappa shape index (κ3) is 1.92. The Morgan fingerprint density at radius 2 is 1.08 bits per heavy atom. The van der Waals surface area contributed by atoms with Crippen molar-refractivity contribution in [1.82, 2.24) is 4.98 Å². The quantitative estimate of drug-likeness (QED) is 0.452. The average molecular weight is 335 g/mol. The summed E-state index contributed by atoms with van der Waals surface area (Å²) in [6, 6.07) is 35.2. The van der Waals surface area contributed by atoms with Crippen LogP contribution in [0.4, 0.5) is 0 Å². The van der Waals surface area contributed by atoms with Crippen molar-refractivity contribution < 1.29 is 0 Å². The van der Waals surface area contributed by atoms with E-state index in [-0.39, 0.29) is 0 Å². The fourth-order valence-corrected chi connectivity index (χ4v) is 9.35. The maximum atomic E-state index is 4.78. The van der Waals surface area contributed by atoms with Crippen LogP contribution < -0.4 is 20.7 Å². The first kappa shape index (κ1) is 14.4. The zero-order chi connectivity index (χ0) is 16.7. The molecule has 2 heterocycles. The van der Waals surface area contributed by atoms with Crippen LogP contribution in [0.3, 0.4) is 0 Å². The smallest absolute Gasteiger partial charge is 0.182 e. The molecule has 0 unspecified atom stereocenters. The molecule has 118 valence electrons. The summed E-state index contributed by atoms with van der Waals surface area (Å²) in [6.07, 6.45) is 1.91. The van der Waals surface area contributed by atoms with Gasteiger partial charge in [0, 0.05) is 11.8 Å². The maximum Gasteiger partial charge on any atom is 0.182 e. The van der Waals surface area contributed by atoms with Crippen molar-refractivity contribution in [2.24, 2.45) is 0 Å². The van der Waals surface area contributed by atoms with Gasteiger partial charge in [-0.05, 0) is 26.8 Å². The third-order valence-electron chi connectivity index (χ3n) is 5.21. The molecule has 1 aliphatic rings. The van der Waals surface area contributed by atoms with Crippen molar-refractivity contribution in [1.29, 1.82) is 0 Å². The van der Waals surface area contributed by atoms with Gasteiger partial charge in [0.1, 0.15) is 0 Å². The molecular formula is C23H17NSi. The lowest BCUT2D eigenvalue weighted by molar-refractivity contribution is 1.35. The molecule has 0 fully saturated rings. The van der Waals surface area contributed by atoms with Crippen molar-refractivity contribution in [3.63, 3.8) is 0 Å². The Hall–Kier alpha value is -2.97. The molecule has 2 heteroatoms. The molecule has 0 spiro atoms. The highest BCUT2D eigenvalue weighted by atomic mass is 28.3. The molecule has 25 heavy (non-hydrogen) atoms. The number of hydrogen-bond donors (Lipinski definition) is 0. The lowest BCUT2D eigenvalue weighted by atomic mass is 10.1. The molecule has 5 rings (SSSR count). The average Bonchev–Trinajstić information content (AvgIpc) is 3.01. The molecule has 0 amide bonds. The minimum atomic E-state index is -2.29. The summed E-state index contributed by atoms with van der Waals surface area (Å²) in [5.74, 6) is 0. The van der Waals surface area contributed by atoms with Crippen molar-refractivity contribution in [2.45, 2.75) is 0 Å². The first-order valence-electron chi connectivity index (χ1n) is 8.59. The normalized spacial score (nSPS) is 13.9. The lowest BCUT2D eigenvalue weighted by Crippen LogP contribution is -2.72. The molecule has 0 radical (unpaired) electrons. The predicted octanol–water partition coefficient (Wildman–Crippen LogP) is 2.44. The van der Waals surface area contributed by atoms with Crippen LogP contribution in [0, 0.1) is 0 Å². The SMILES string of the molecule is c1ccc([Si]2(c3ccccc3)c3ccccc3-c3ncccc32)cc1. The summed E-state index contributed by atoms with van der Waals surface area (Å²) in [5, 5.41) is 5.68. The van der Waals surface area contributed by atoms with Crippen LogP contribution in [0.2, 0.25) is 0 Å². The number of fused-ring (bicyclic) bond motifs is 3. The molecule has 1 aliphatic heterocycles. The molecule has 0 saturated heterocycles. The third-order valence-corrected chi connectivity index (χ3v) is 10.1. The molecule has 3 aromatic carbocycles. The van der Waals surface area contributed by atoms with E-state index in [4.69, 9.17) is 4.98 Å². The van der Waals surface area contributed by atoms with Gasteiger partial charge in [0.05, 0.1) is 5.69 Å². The van der Waals surface area contributed by atoms with E-state index in [2.05, 4.69) is 97.1 Å². The van der Waals surface area contributed by atoms with E-state index in [1.807, 2.05) is 6.20 Å². The van der Waals surface area contributed by atoms with Gasteiger partial charge in [0.25, 0.3) is 0 Å². The van der Waals surface area contributed by atoms with E-state index in [0.29, 0.717) is 0 Å². The van der Waals surface area contributed by atoms with Gasteiger partial charge in [-0.2, -0.15) is 0 Å². The minimum Gasteiger partial charge on any atom is -0.256 e. The number of aromatic nitrogens is 1. The zero-order valence-corrected chi connectivity index (χ0v) is 14.8. The monoisotopic (exact) mass is 335 g/mol. The van der Waals surface area contributed by atoms with Crippen LogP contribution >= 0.6 is 0 Å². The Kier molecular flexibility index (Phi) is 3.18. The van der Waals surface area contributed by atoms with E-state index in [0.717, 1.165) is 5.69 Å². The fourth-order valence-electron chi connectivity index (χ4n) is 4.25. The Labute approximate surface area is 148 Å². The van der Waals surface area contributed by atoms with Gasteiger partial charge >= 0.3 is 0 Å². The highest BCUT2D eigenvalue weighted by molar-refractivity contribution is 7.22. The number of rotatable bonds is 2. The van der Waals surface area contributed by atoms with Gasteiger partial charge in [-0.3, -0.25) is 4.98 Å². The highest BCUT2D eigenvalue weighted by Gasteiger charge is 2.48. The van der Waals surface area contributed by atoms with Crippen LogP contribution in [-0.2, 0) is 0 Å². The summed E-state index contributed by atoms with van der Waals surface area (Å²) in [6.45, 7) is 0. The van der Waals surface area contributed by atoms with Crippen LogP contribution in [-0.4, -0.2) is 13.1 Å². The molecule has 1 aromatic heterocycles. The van der Waals surface area contributed by atoms with Gasteiger partial charge < -0.3 is 0 Å². The lowest BCUT2D eigenvalue weighted by Gasteiger charge is -2.30. The summed E-state index contributed by atoms with van der Waals surface area (Å²) in [5.41, 5.74) is 2.44. The molecule has 4 aromatic rings. The summed E-state index contributed by atoms with van der Waals surface area (Å²) in [4.78, 5) is 4.78. The molecule has 1 nitrogen and oxygen atoms in total. The summed E-state index contributed by atoms with van der Waals surface area (Å²) >= 11 is 0. The van der Waals surface area contributed by atoms with Crippen LogP contribution in [0.25, 0.3) is 11.3 Å². The molecule has 0 N–H and O–H groups in total. The first-order chi connectivity index (χ1) is 12.4. The second-order valence-electron chi connectivity index (χ2n) is 6.43. The summed E-state index contributed by atoms with van der Waals surface area (Å²) in [7, 11) is -2.29. The van der Waals surface area contributed by atoms with E-state index in [9.17, 15) is 0 Å². The van der Waals surface area contributed by atoms with E-state index >= 15 is 0 Å². The number of benzene rings is 3. The number of nitrogens with zero attached hydrogens (tertiary/aromatic N) is 1. The van der Waals surface area contributed by atoms with Gasteiger partial charge in [-0.15, -0.1) is 0 Å². The van der Waals surface area contributed by atoms with E-state index < -0.39 is 8.07 Å². The molecule has 0 atom stereocenters. The second kappa shape index (κ2) is 5.54. The van der Waals surface area contributed by atoms with Crippen molar-refractivity contribution >= 4 is 28.8 Å². The fraction of sp³-hybridized carbons (Fsp3) is 0. The molecule has 0 bridgehead atoms. The Morgan fingerprint density at radius 3 is 1.76 bits per heavy atom. The van der Waals surface area contributed by atoms with Crippen LogP contribution in [0.1, 0.15) is 0 Å². The standard InChI is InChI=1S/C23H17NSi/c1-3-10-18(11-4-1)25(19-12-5-2-6-13-19)21-15-8-7-14-20(21)23-22(25)16-9-17-24-23/h1-17H. The maximum absolute atomic E-state index is 4.78. The van der Waals surface area contributed by atoms with Gasteiger partial charge in [-0.1, -0.05) is 91.0 Å². The zero-order valence-electron chi connectivity index (χ0n) is 13.8. The molecule has 0 saturated carbocycles. The van der Waals surface area contributed by atoms with E-state index in [1.165, 1.54) is 26.3 Å². The molecular weight excluding hydrogens is 318 g/mol. The first-order valence-corrected chi connectivity index (χ1v) is 10.6. The van der Waals surface area contributed by atoms with Gasteiger partial charge in [0.15, 0.2) is 8.07 Å². The molecule has 0 aliphatic carbocycles. The van der Waals surface area contributed by atoms with Crippen molar-refractivity contribution in [3.8, 4) is 11.3 Å². The Morgan fingerprint density at radius 1 is 0.520 bits per heavy atom. The van der Waals surface area contributed by atoms with Crippen LogP contribution in [0.15, 0.2) is 103 Å². The van der Waals surface area contributed by atoms with Crippen molar-refractivity contribution in [2.75, 3.05) is 0 Å². The second-order valence-corrected chi connectivity index (χ2v) is 10.2. The largest absolute Gasteiger partial charge is 0.256 e. The Bertz CT molecular complexity index is 955. The van der Waals surface area contributed by atoms with E-state index in [1.54, 1.807) is 0 Å². The number of hydrogen-bond acceptors (Lipinski definition) is 1. The predicted molar refractivity (Wildman–Crippen MR) is 107 cm³/mol. The Balaban J connectivity index is 1.98. The summed E-state index contributed by atoms with van der Waals surface area (Å²) < 4.78 is 0. The minimum absolute atomic E-state index is 1.15. The topological polar surface area (TPSA) is 12.9 Å². The van der Waals surface area contributed by atoms with Gasteiger partial charge in [-0.25, -0.2) is 0 Å². The highest BCUT2D eigenvalue weighted by Crippen LogP contribution is 2.26. The number of pyridine rings is 1. The van der Waals surface area contributed by atoms with Crippen LogP contribution in [0.5, 0.6) is 0 Å². The van der Waals surface area contributed by atoms with Crippen molar-refractivity contribution in [3.05, 3.63) is 103 Å².